The molecule has 0 atom stereocenters. The van der Waals surface area contributed by atoms with Gasteiger partial charge in [-0.3, -0.25) is 9.55 Å². The number of aromatic nitrogens is 5. The van der Waals surface area contributed by atoms with E-state index in [9.17, 15) is 13.2 Å². The molecule has 10 heteroatoms. The predicted molar refractivity (Wildman–Crippen MR) is 123 cm³/mol. The summed E-state index contributed by atoms with van der Waals surface area (Å²) in [6, 6.07) is 18.3. The highest BCUT2D eigenvalue weighted by molar-refractivity contribution is 5.85. The maximum atomic E-state index is 13.1. The van der Waals surface area contributed by atoms with Gasteiger partial charge in [0.25, 0.3) is 0 Å². The molecule has 5 aromatic rings. The lowest BCUT2D eigenvalue weighted by Crippen LogP contribution is -2.09. The first-order chi connectivity index (χ1) is 16.5. The highest BCUT2D eigenvalue weighted by atomic mass is 19.4. The number of para-hydroxylation sites is 1. The van der Waals surface area contributed by atoms with Crippen LogP contribution in [0.25, 0.3) is 16.9 Å². The Kier molecular flexibility index (Phi) is 5.54. The highest BCUT2D eigenvalue weighted by Gasteiger charge is 2.30. The molecule has 0 unspecified atom stereocenters. The third-order valence-electron chi connectivity index (χ3n) is 5.06. The van der Waals surface area contributed by atoms with Crippen LogP contribution in [-0.2, 0) is 12.7 Å². The Hall–Kier alpha value is -4.47. The molecule has 0 amide bonds. The maximum absolute atomic E-state index is 13.1. The van der Waals surface area contributed by atoms with E-state index >= 15 is 0 Å². The zero-order valence-corrected chi connectivity index (χ0v) is 17.7. The van der Waals surface area contributed by atoms with Crippen molar-refractivity contribution in [2.24, 2.45) is 0 Å². The molecule has 0 aliphatic rings. The summed E-state index contributed by atoms with van der Waals surface area (Å²) in [5, 5.41) is 6.24. The van der Waals surface area contributed by atoms with Crippen molar-refractivity contribution in [3.05, 3.63) is 96.6 Å². The smallest absolute Gasteiger partial charge is 0.364 e. The number of nitrogens with one attached hydrogen (secondary N) is 2. The van der Waals surface area contributed by atoms with E-state index in [2.05, 4.69) is 30.6 Å². The maximum Gasteiger partial charge on any atom is 0.416 e. The standard InChI is InChI=1S/C24H18F3N7/c25-24(26,27)17-7-4-6-16(12-17)13-29-21-20-22(34(15-30-20)19-9-2-1-3-10-19)33-23(32-21)31-18-8-5-11-28-14-18/h1-12,14-15H,13H2,(H2,29,31,32,33). The first-order valence-corrected chi connectivity index (χ1v) is 10.3. The summed E-state index contributed by atoms with van der Waals surface area (Å²) in [6.07, 6.45) is 0.519. The van der Waals surface area contributed by atoms with Crippen LogP contribution in [0.3, 0.4) is 0 Å². The van der Waals surface area contributed by atoms with Gasteiger partial charge in [-0.1, -0.05) is 30.3 Å². The van der Waals surface area contributed by atoms with E-state index in [1.165, 1.54) is 6.07 Å². The Morgan fingerprint density at radius 1 is 0.912 bits per heavy atom. The molecular weight excluding hydrogens is 443 g/mol. The SMILES string of the molecule is FC(F)(F)c1cccc(CNc2nc(Nc3cccnc3)nc3c2ncn3-c2ccccc2)c1. The van der Waals surface area contributed by atoms with Crippen molar-refractivity contribution < 1.29 is 13.2 Å². The van der Waals surface area contributed by atoms with Gasteiger partial charge in [0.15, 0.2) is 17.0 Å². The summed E-state index contributed by atoms with van der Waals surface area (Å²) in [4.78, 5) is 17.7. The van der Waals surface area contributed by atoms with Gasteiger partial charge in [0.05, 0.1) is 17.4 Å². The molecule has 2 aromatic carbocycles. The average molecular weight is 461 g/mol. The van der Waals surface area contributed by atoms with Crippen LogP contribution in [0.15, 0.2) is 85.5 Å². The number of nitrogens with zero attached hydrogens (tertiary/aromatic N) is 5. The van der Waals surface area contributed by atoms with Gasteiger partial charge in [0.1, 0.15) is 6.33 Å². The summed E-state index contributed by atoms with van der Waals surface area (Å²) in [5.41, 5.74) is 2.35. The van der Waals surface area contributed by atoms with Crippen LogP contribution in [-0.4, -0.2) is 24.5 Å². The van der Waals surface area contributed by atoms with Crippen molar-refractivity contribution in [1.29, 1.82) is 0 Å². The number of anilines is 3. The Morgan fingerprint density at radius 3 is 2.53 bits per heavy atom. The Bertz CT molecular complexity index is 1420. The van der Waals surface area contributed by atoms with Gasteiger partial charge in [-0.25, -0.2) is 4.98 Å². The van der Waals surface area contributed by atoms with Gasteiger partial charge in [-0.15, -0.1) is 0 Å². The Labute approximate surface area is 192 Å². The number of pyridine rings is 1. The third-order valence-corrected chi connectivity index (χ3v) is 5.06. The number of halogens is 3. The molecule has 5 rings (SSSR count). The summed E-state index contributed by atoms with van der Waals surface area (Å²) >= 11 is 0. The molecule has 0 aliphatic carbocycles. The summed E-state index contributed by atoms with van der Waals surface area (Å²) in [5.74, 6) is 0.688. The largest absolute Gasteiger partial charge is 0.416 e. The minimum absolute atomic E-state index is 0.126. The van der Waals surface area contributed by atoms with E-state index in [1.54, 1.807) is 30.9 Å². The first-order valence-electron chi connectivity index (χ1n) is 10.3. The second kappa shape index (κ2) is 8.81. The van der Waals surface area contributed by atoms with Crippen LogP contribution in [0.1, 0.15) is 11.1 Å². The van der Waals surface area contributed by atoms with Crippen LogP contribution in [0, 0.1) is 0 Å². The molecule has 34 heavy (non-hydrogen) atoms. The van der Waals surface area contributed by atoms with Gasteiger partial charge in [-0.05, 0) is 42.0 Å². The lowest BCUT2D eigenvalue weighted by molar-refractivity contribution is -0.137. The fourth-order valence-corrected chi connectivity index (χ4v) is 3.47. The quantitative estimate of drug-likeness (QED) is 0.343. The van der Waals surface area contributed by atoms with Gasteiger partial charge < -0.3 is 10.6 Å². The van der Waals surface area contributed by atoms with Crippen LogP contribution < -0.4 is 10.6 Å². The molecule has 3 heterocycles. The van der Waals surface area contributed by atoms with E-state index in [0.717, 1.165) is 17.8 Å². The molecule has 7 nitrogen and oxygen atoms in total. The normalized spacial score (nSPS) is 11.5. The van der Waals surface area contributed by atoms with E-state index in [0.29, 0.717) is 34.2 Å². The van der Waals surface area contributed by atoms with E-state index < -0.39 is 11.7 Å². The minimum Gasteiger partial charge on any atom is -0.364 e. The Balaban J connectivity index is 1.53. The van der Waals surface area contributed by atoms with E-state index in [1.807, 2.05) is 41.0 Å². The van der Waals surface area contributed by atoms with E-state index in [-0.39, 0.29) is 6.54 Å². The third kappa shape index (κ3) is 4.51. The molecule has 0 radical (unpaired) electrons. The topological polar surface area (TPSA) is 80.6 Å². The fraction of sp³-hybridized carbons (Fsp3) is 0.0833. The highest BCUT2D eigenvalue weighted by Crippen LogP contribution is 2.30. The molecule has 170 valence electrons. The molecule has 0 spiro atoms. The second-order valence-corrected chi connectivity index (χ2v) is 7.44. The molecule has 0 saturated heterocycles. The second-order valence-electron chi connectivity index (χ2n) is 7.44. The molecular formula is C24H18F3N7. The van der Waals surface area contributed by atoms with Gasteiger partial charge >= 0.3 is 6.18 Å². The number of rotatable bonds is 6. The van der Waals surface area contributed by atoms with E-state index in [4.69, 9.17) is 0 Å². The number of benzene rings is 2. The van der Waals surface area contributed by atoms with Crippen LogP contribution in [0.5, 0.6) is 0 Å². The van der Waals surface area contributed by atoms with Gasteiger partial charge in [0.2, 0.25) is 5.95 Å². The van der Waals surface area contributed by atoms with Crippen molar-refractivity contribution in [3.63, 3.8) is 0 Å². The summed E-state index contributed by atoms with van der Waals surface area (Å²) < 4.78 is 41.1. The van der Waals surface area contributed by atoms with Crippen LogP contribution >= 0.6 is 0 Å². The predicted octanol–water partition coefficient (Wildman–Crippen LogP) is 5.59. The molecule has 0 saturated carbocycles. The number of fused-ring (bicyclic) bond motifs is 1. The van der Waals surface area contributed by atoms with Crippen LogP contribution in [0.4, 0.5) is 30.6 Å². The van der Waals surface area contributed by atoms with Crippen molar-refractivity contribution in [2.75, 3.05) is 10.6 Å². The van der Waals surface area contributed by atoms with Gasteiger partial charge in [-0.2, -0.15) is 23.1 Å². The monoisotopic (exact) mass is 461 g/mol. The molecule has 0 aliphatic heterocycles. The number of alkyl halides is 3. The zero-order valence-electron chi connectivity index (χ0n) is 17.7. The van der Waals surface area contributed by atoms with Crippen molar-refractivity contribution in [2.45, 2.75) is 12.7 Å². The average Bonchev–Trinajstić information content (AvgIpc) is 3.27. The summed E-state index contributed by atoms with van der Waals surface area (Å²) in [6.45, 7) is 0.126. The van der Waals surface area contributed by atoms with Crippen molar-refractivity contribution in [1.82, 2.24) is 24.5 Å². The number of imidazole rings is 1. The lowest BCUT2D eigenvalue weighted by atomic mass is 10.1. The summed E-state index contributed by atoms with van der Waals surface area (Å²) in [7, 11) is 0. The zero-order chi connectivity index (χ0) is 23.5. The van der Waals surface area contributed by atoms with Crippen molar-refractivity contribution >= 4 is 28.6 Å². The minimum atomic E-state index is -4.41. The Morgan fingerprint density at radius 2 is 1.76 bits per heavy atom. The number of hydrogen-bond acceptors (Lipinski definition) is 6. The number of hydrogen-bond donors (Lipinski definition) is 2. The van der Waals surface area contributed by atoms with Crippen LogP contribution in [0.2, 0.25) is 0 Å². The van der Waals surface area contributed by atoms with Crippen molar-refractivity contribution in [3.8, 4) is 5.69 Å². The molecule has 2 N–H and O–H groups in total. The molecule has 0 bridgehead atoms. The van der Waals surface area contributed by atoms with Gasteiger partial charge in [0, 0.05) is 18.4 Å². The first kappa shape index (κ1) is 21.4. The molecule has 0 fully saturated rings. The fourth-order valence-electron chi connectivity index (χ4n) is 3.47. The lowest BCUT2D eigenvalue weighted by Gasteiger charge is -2.12. The molecule has 3 aromatic heterocycles.